The van der Waals surface area contributed by atoms with Crippen molar-refractivity contribution in [2.24, 2.45) is 5.92 Å². The smallest absolute Gasteiger partial charge is 0.390 e. The largest absolute Gasteiger partial charge is 0.490 e. The summed E-state index contributed by atoms with van der Waals surface area (Å²) in [5.41, 5.74) is -0.342. The normalized spacial score (nSPS) is 25.4. The third-order valence-electron chi connectivity index (χ3n) is 6.25. The molecule has 2 aliphatic rings. The molecule has 25 heteroatoms. The number of ketones is 1. The van der Waals surface area contributed by atoms with Crippen LogP contribution in [0.1, 0.15) is 31.2 Å². The highest BCUT2D eigenvalue weighted by molar-refractivity contribution is 7.92. The fraction of sp³-hybridized carbons (Fsp3) is 0.647. The number of H-pyrrole nitrogens is 1. The van der Waals surface area contributed by atoms with Gasteiger partial charge in [0.15, 0.2) is 5.65 Å². The fourth-order valence-corrected chi connectivity index (χ4v) is 7.94. The van der Waals surface area contributed by atoms with Gasteiger partial charge in [0, 0.05) is 31.8 Å². The monoisotopic (exact) mass is 681 g/mol. The van der Waals surface area contributed by atoms with Gasteiger partial charge < -0.3 is 34.4 Å². The number of ether oxygens (including phenoxy) is 1. The first-order chi connectivity index (χ1) is 19.6. The quantitative estimate of drug-likeness (QED) is 0.0480. The molecule has 42 heavy (non-hydrogen) atoms. The third-order valence-corrected chi connectivity index (χ3v) is 10.7. The molecule has 4 rings (SSSR count). The first-order valence-corrected chi connectivity index (χ1v) is 17.1. The number of aliphatic hydroxyl groups is 1. The van der Waals surface area contributed by atoms with Gasteiger partial charge in [0.2, 0.25) is 0 Å². The van der Waals surface area contributed by atoms with Crippen LogP contribution in [-0.4, -0.2) is 91.4 Å². The van der Waals surface area contributed by atoms with E-state index in [0.29, 0.717) is 25.9 Å². The van der Waals surface area contributed by atoms with Crippen molar-refractivity contribution in [1.82, 2.24) is 23.8 Å². The number of carbonyl (C=O) groups excluding carboxylic acids is 1. The lowest BCUT2D eigenvalue weighted by molar-refractivity contribution is -0.125. The number of aromatic nitrogens is 4. The van der Waals surface area contributed by atoms with Crippen LogP contribution in [0, 0.1) is 5.92 Å². The Hall–Kier alpha value is -1.42. The van der Waals surface area contributed by atoms with E-state index in [1.54, 1.807) is 4.31 Å². The molecule has 0 saturated carbocycles. The number of hydrogen-bond acceptors (Lipinski definition) is 16. The molecule has 0 radical (unpaired) electrons. The number of imidazole rings is 1. The van der Waals surface area contributed by atoms with Crippen LogP contribution < -0.4 is 5.69 Å². The Morgan fingerprint density at radius 3 is 2.48 bits per heavy atom. The van der Waals surface area contributed by atoms with Crippen molar-refractivity contribution in [2.45, 2.75) is 44.1 Å². The molecule has 0 aromatic carbocycles. The topological polar surface area (TPSA) is 303 Å². The molecule has 2 saturated heterocycles. The van der Waals surface area contributed by atoms with Crippen LogP contribution in [0.2, 0.25) is 0 Å². The molecule has 2 aromatic rings. The molecule has 7 N–H and O–H groups in total. The Labute approximate surface area is 239 Å². The van der Waals surface area contributed by atoms with Crippen LogP contribution >= 0.6 is 35.7 Å². The minimum atomic E-state index is -5.73. The van der Waals surface area contributed by atoms with E-state index in [-0.39, 0.29) is 41.4 Å². The number of aliphatic hydroxyl groups excluding tert-OH is 1. The SMILES string of the molecule is O=C(Cc1[nH]c(=O)nc2c1ncn2[C@H]1CC(O)[C@@H](COP(=O)(O)OP(=O)(O)OP(=O)(O)O)O1)C1CCN(SOO)CC1. The summed E-state index contributed by atoms with van der Waals surface area (Å²) in [5, 5.41) is 19.0. The highest BCUT2D eigenvalue weighted by Gasteiger charge is 2.43. The van der Waals surface area contributed by atoms with Crippen LogP contribution in [-0.2, 0) is 47.1 Å². The van der Waals surface area contributed by atoms with E-state index >= 15 is 0 Å². The molecule has 0 amide bonds. The number of hydrogen-bond donors (Lipinski definition) is 7. The van der Waals surface area contributed by atoms with Gasteiger partial charge in [-0.2, -0.15) is 13.6 Å². The van der Waals surface area contributed by atoms with Crippen molar-refractivity contribution >= 4 is 52.6 Å². The number of phosphoric acid groups is 3. The molecule has 2 fully saturated rings. The number of rotatable bonds is 13. The zero-order chi connectivity index (χ0) is 30.9. The van der Waals surface area contributed by atoms with E-state index in [2.05, 4.69) is 32.4 Å². The van der Waals surface area contributed by atoms with Gasteiger partial charge >= 0.3 is 29.2 Å². The van der Waals surface area contributed by atoms with Gasteiger partial charge in [-0.25, -0.2) is 33.0 Å². The summed E-state index contributed by atoms with van der Waals surface area (Å²) in [6.45, 7) is 0.121. The number of nitrogens with zero attached hydrogens (tertiary/aromatic N) is 4. The molecule has 5 atom stereocenters. The zero-order valence-electron chi connectivity index (χ0n) is 21.1. The Morgan fingerprint density at radius 2 is 1.83 bits per heavy atom. The van der Waals surface area contributed by atoms with E-state index in [0.717, 1.165) is 12.2 Å². The summed E-state index contributed by atoms with van der Waals surface area (Å²) < 4.78 is 58.7. The Morgan fingerprint density at radius 1 is 1.14 bits per heavy atom. The number of aromatic amines is 1. The summed E-state index contributed by atoms with van der Waals surface area (Å²) in [4.78, 5) is 72.0. The first-order valence-electron chi connectivity index (χ1n) is 11.9. The molecule has 21 nitrogen and oxygen atoms in total. The average Bonchev–Trinajstić information content (AvgIpc) is 3.44. The molecule has 0 bridgehead atoms. The van der Waals surface area contributed by atoms with E-state index < -0.39 is 54.2 Å². The van der Waals surface area contributed by atoms with Crippen molar-refractivity contribution in [2.75, 3.05) is 19.7 Å². The number of fused-ring (bicyclic) bond motifs is 1. The molecule has 0 spiro atoms. The standard InChI is InChI=1S/C17H26N5O16P3S/c23-11(9-1-3-21(4-2-9)42-36-26)5-10-15-16(20-17(25)19-10)22(8-18-15)14-6-12(24)13(35-14)7-34-40(30,31)38-41(32,33)37-39(27,28)29/h8-9,12-14,24,26H,1-7H2,(H,30,31)(H,32,33)(H,19,20,25)(H2,27,28,29)/t12?,13-,14-/m1/s1. The second kappa shape index (κ2) is 13.3. The lowest BCUT2D eigenvalue weighted by Crippen LogP contribution is -2.33. The van der Waals surface area contributed by atoms with Gasteiger partial charge in [0.1, 0.15) is 35.9 Å². The predicted molar refractivity (Wildman–Crippen MR) is 137 cm³/mol. The van der Waals surface area contributed by atoms with Gasteiger partial charge in [0.25, 0.3) is 0 Å². The first kappa shape index (κ1) is 33.5. The Kier molecular flexibility index (Phi) is 10.6. The summed E-state index contributed by atoms with van der Waals surface area (Å²) >= 11 is 0.783. The van der Waals surface area contributed by atoms with Crippen LogP contribution in [0.15, 0.2) is 11.1 Å². The molecular weight excluding hydrogens is 655 g/mol. The fourth-order valence-electron chi connectivity index (χ4n) is 4.45. The van der Waals surface area contributed by atoms with Gasteiger partial charge in [0.05, 0.1) is 24.7 Å². The average molecular weight is 681 g/mol. The van der Waals surface area contributed by atoms with Crippen LogP contribution in [0.5, 0.6) is 0 Å². The van der Waals surface area contributed by atoms with Crippen LogP contribution in [0.4, 0.5) is 0 Å². The predicted octanol–water partition coefficient (Wildman–Crippen LogP) is -0.0123. The second-order valence-corrected chi connectivity index (χ2v) is 14.4. The van der Waals surface area contributed by atoms with Crippen molar-refractivity contribution < 1.29 is 70.6 Å². The van der Waals surface area contributed by atoms with Crippen LogP contribution in [0.3, 0.4) is 0 Å². The molecule has 4 heterocycles. The van der Waals surface area contributed by atoms with Crippen molar-refractivity contribution in [3.8, 4) is 0 Å². The number of piperidine rings is 1. The number of carbonyl (C=O) groups is 1. The van der Waals surface area contributed by atoms with Gasteiger partial charge in [-0.3, -0.25) is 13.9 Å². The summed E-state index contributed by atoms with van der Waals surface area (Å²) in [5.74, 6) is -0.431. The maximum absolute atomic E-state index is 13.0. The second-order valence-electron chi connectivity index (χ2n) is 9.16. The molecule has 0 aliphatic carbocycles. The van der Waals surface area contributed by atoms with Crippen molar-refractivity contribution in [3.63, 3.8) is 0 Å². The van der Waals surface area contributed by atoms with E-state index in [4.69, 9.17) is 19.8 Å². The molecule has 2 aromatic heterocycles. The minimum Gasteiger partial charge on any atom is -0.390 e. The highest BCUT2D eigenvalue weighted by Crippen LogP contribution is 2.66. The number of nitrogens with one attached hydrogen (secondary N) is 1. The minimum absolute atomic E-state index is 0.0265. The lowest BCUT2D eigenvalue weighted by Gasteiger charge is -2.28. The number of Topliss-reactive ketones (excluding diaryl/α,β-unsaturated/α-hetero) is 1. The molecule has 2 aliphatic heterocycles. The zero-order valence-corrected chi connectivity index (χ0v) is 24.6. The van der Waals surface area contributed by atoms with E-state index in [9.17, 15) is 38.2 Å². The van der Waals surface area contributed by atoms with Gasteiger partial charge in [-0.05, 0) is 12.8 Å². The van der Waals surface area contributed by atoms with Crippen LogP contribution in [0.25, 0.3) is 11.2 Å². The summed E-state index contributed by atoms with van der Waals surface area (Å²) in [7, 11) is -16.7. The highest BCUT2D eigenvalue weighted by atomic mass is 32.2. The van der Waals surface area contributed by atoms with E-state index in [1.165, 1.54) is 10.9 Å². The molecular formula is C17H26N5O16P3S. The van der Waals surface area contributed by atoms with Gasteiger partial charge in [-0.1, -0.05) is 0 Å². The van der Waals surface area contributed by atoms with Crippen molar-refractivity contribution in [3.05, 3.63) is 22.5 Å². The molecule has 236 valence electrons. The van der Waals surface area contributed by atoms with Crippen molar-refractivity contribution in [1.29, 1.82) is 0 Å². The summed E-state index contributed by atoms with van der Waals surface area (Å²) in [6, 6.07) is 0. The Balaban J connectivity index is 1.41. The molecule has 3 unspecified atom stereocenters. The Bertz CT molecular complexity index is 1490. The number of phosphoric ester groups is 1. The maximum atomic E-state index is 13.0. The maximum Gasteiger partial charge on any atom is 0.490 e. The lowest BCUT2D eigenvalue weighted by atomic mass is 9.91. The van der Waals surface area contributed by atoms with Gasteiger partial charge in [-0.15, -0.1) is 4.33 Å². The third kappa shape index (κ3) is 8.82. The van der Waals surface area contributed by atoms with E-state index in [1.807, 2.05) is 0 Å². The summed E-state index contributed by atoms with van der Waals surface area (Å²) in [6.07, 6.45) is -1.68.